The van der Waals surface area contributed by atoms with Gasteiger partial charge in [-0.1, -0.05) is 0 Å². The van der Waals surface area contributed by atoms with Gasteiger partial charge in [-0.15, -0.1) is 0 Å². The third kappa shape index (κ3) is 4.72. The summed E-state index contributed by atoms with van der Waals surface area (Å²) >= 11 is 1.11. The fourth-order valence-corrected chi connectivity index (χ4v) is 0.363. The predicted molar refractivity (Wildman–Crippen MR) is 23.6 cm³/mol. The Bertz CT molecular complexity index is 20.8. The van der Waals surface area contributed by atoms with Gasteiger partial charge in [-0.05, 0) is 0 Å². The van der Waals surface area contributed by atoms with Gasteiger partial charge in [0.2, 0.25) is 0 Å². The molecule has 0 spiro atoms. The van der Waals surface area contributed by atoms with Crippen LogP contribution in [-0.4, -0.2) is 43.3 Å². The van der Waals surface area contributed by atoms with Crippen LogP contribution in [0, 0.1) is 0 Å². The fourth-order valence-electron chi connectivity index (χ4n) is 0.125. The average molecular weight is 194 g/mol. The molecule has 3 radical (unpaired) electrons. The molecule has 0 aromatic heterocycles. The summed E-state index contributed by atoms with van der Waals surface area (Å²) in [5, 5.41) is 0. The van der Waals surface area contributed by atoms with Crippen molar-refractivity contribution in [1.82, 2.24) is 0 Å². The Morgan fingerprint density at radius 3 is 2.33 bits per heavy atom. The number of hydrogen-bond donors (Lipinski definition) is 0. The van der Waals surface area contributed by atoms with Crippen LogP contribution in [0.1, 0.15) is 0 Å². The van der Waals surface area contributed by atoms with E-state index in [-0.39, 0.29) is 0 Å². The summed E-state index contributed by atoms with van der Waals surface area (Å²) in [6.07, 6.45) is 0. The Labute approximate surface area is 51.5 Å². The monoisotopic (exact) mass is 195 g/mol. The SMILES string of the molecule is COCC[O][Sn]. The van der Waals surface area contributed by atoms with Gasteiger partial charge in [0.1, 0.15) is 0 Å². The van der Waals surface area contributed by atoms with Gasteiger partial charge in [0.05, 0.1) is 0 Å². The Morgan fingerprint density at radius 2 is 2.17 bits per heavy atom. The Kier molecular flexibility index (Phi) is 6.40. The van der Waals surface area contributed by atoms with E-state index in [1.165, 1.54) is 0 Å². The van der Waals surface area contributed by atoms with Crippen LogP contribution >= 0.6 is 0 Å². The molecule has 0 aliphatic heterocycles. The van der Waals surface area contributed by atoms with Gasteiger partial charge >= 0.3 is 51.1 Å². The molecule has 0 aromatic rings. The van der Waals surface area contributed by atoms with E-state index in [0.29, 0.717) is 6.61 Å². The van der Waals surface area contributed by atoms with Crippen molar-refractivity contribution in [3.63, 3.8) is 0 Å². The van der Waals surface area contributed by atoms with Crippen molar-refractivity contribution in [2.24, 2.45) is 0 Å². The molecule has 0 saturated heterocycles. The van der Waals surface area contributed by atoms with Crippen LogP contribution in [0.3, 0.4) is 0 Å². The number of ether oxygens (including phenoxy) is 1. The van der Waals surface area contributed by atoms with Crippen molar-refractivity contribution in [1.29, 1.82) is 0 Å². The van der Waals surface area contributed by atoms with Crippen molar-refractivity contribution in [3.05, 3.63) is 0 Å². The zero-order valence-electron chi connectivity index (χ0n) is 3.73. The topological polar surface area (TPSA) is 18.5 Å². The number of methoxy groups -OCH3 is 1. The van der Waals surface area contributed by atoms with E-state index in [9.17, 15) is 0 Å². The molecule has 0 saturated carbocycles. The summed E-state index contributed by atoms with van der Waals surface area (Å²) in [6.45, 7) is 1.44. The van der Waals surface area contributed by atoms with E-state index in [1.54, 1.807) is 7.11 Å². The first-order chi connectivity index (χ1) is 2.91. The van der Waals surface area contributed by atoms with Gasteiger partial charge in [0, 0.05) is 0 Å². The van der Waals surface area contributed by atoms with Crippen LogP contribution < -0.4 is 0 Å². The maximum atomic E-state index is 4.75. The molecule has 3 heteroatoms. The molecular weight excluding hydrogens is 187 g/mol. The van der Waals surface area contributed by atoms with E-state index in [0.717, 1.165) is 29.5 Å². The zero-order valence-corrected chi connectivity index (χ0v) is 6.58. The van der Waals surface area contributed by atoms with Gasteiger partial charge in [-0.25, -0.2) is 0 Å². The first-order valence-electron chi connectivity index (χ1n) is 1.69. The summed E-state index contributed by atoms with van der Waals surface area (Å²) in [5.41, 5.74) is 0. The van der Waals surface area contributed by atoms with E-state index in [4.69, 9.17) is 3.07 Å². The second-order valence-corrected chi connectivity index (χ2v) is 1.67. The molecule has 0 aliphatic carbocycles. The Hall–Kier alpha value is 0.719. The van der Waals surface area contributed by atoms with Crippen LogP contribution in [0.4, 0.5) is 0 Å². The fraction of sp³-hybridized carbons (Fsp3) is 1.00. The van der Waals surface area contributed by atoms with E-state index < -0.39 is 0 Å². The normalized spacial score (nSPS) is 9.00. The molecular formula is C3H7O2Sn. The molecule has 0 rings (SSSR count). The molecule has 0 heterocycles. The summed E-state index contributed by atoms with van der Waals surface area (Å²) in [6, 6.07) is 0. The van der Waals surface area contributed by atoms with Crippen molar-refractivity contribution in [2.75, 3.05) is 20.3 Å². The molecule has 35 valence electrons. The van der Waals surface area contributed by atoms with Crippen LogP contribution in [0.25, 0.3) is 0 Å². The molecule has 0 unspecified atom stereocenters. The van der Waals surface area contributed by atoms with Crippen LogP contribution in [0.15, 0.2) is 0 Å². The minimum atomic E-state index is 0.713. The van der Waals surface area contributed by atoms with Gasteiger partial charge in [0.15, 0.2) is 0 Å². The summed E-state index contributed by atoms with van der Waals surface area (Å²) in [5.74, 6) is 0. The third-order valence-corrected chi connectivity index (χ3v) is 0.972. The molecule has 6 heavy (non-hydrogen) atoms. The summed E-state index contributed by atoms with van der Waals surface area (Å²) < 4.78 is 9.42. The van der Waals surface area contributed by atoms with Crippen molar-refractivity contribution in [3.8, 4) is 0 Å². The van der Waals surface area contributed by atoms with Crippen molar-refractivity contribution in [2.45, 2.75) is 0 Å². The van der Waals surface area contributed by atoms with Crippen molar-refractivity contribution < 1.29 is 7.81 Å². The van der Waals surface area contributed by atoms with Crippen LogP contribution in [0.5, 0.6) is 0 Å². The average Bonchev–Trinajstić information content (AvgIpc) is 1.61. The van der Waals surface area contributed by atoms with Gasteiger partial charge in [0.25, 0.3) is 0 Å². The predicted octanol–water partition coefficient (Wildman–Crippen LogP) is -0.267. The standard InChI is InChI=1S/C3H7O2.Sn/c1-5-3-2-4;/h2-3H2,1H3;/q-1;+1. The third-order valence-electron chi connectivity index (χ3n) is 0.390. The Morgan fingerprint density at radius 1 is 1.50 bits per heavy atom. The zero-order chi connectivity index (χ0) is 4.83. The van der Waals surface area contributed by atoms with Crippen LogP contribution in [0.2, 0.25) is 0 Å². The van der Waals surface area contributed by atoms with Gasteiger partial charge in [-0.2, -0.15) is 0 Å². The summed E-state index contributed by atoms with van der Waals surface area (Å²) in [4.78, 5) is 0. The summed E-state index contributed by atoms with van der Waals surface area (Å²) in [7, 11) is 1.66. The van der Waals surface area contributed by atoms with E-state index in [1.807, 2.05) is 0 Å². The molecule has 0 bridgehead atoms. The minimum absolute atomic E-state index is 0.713. The molecule has 2 nitrogen and oxygen atoms in total. The second-order valence-electron chi connectivity index (χ2n) is 0.841. The molecule has 0 amide bonds. The molecule has 0 fully saturated rings. The maximum absolute atomic E-state index is 4.75. The molecule has 0 N–H and O–H groups in total. The van der Waals surface area contributed by atoms with E-state index in [2.05, 4.69) is 4.74 Å². The molecule has 0 atom stereocenters. The number of hydrogen-bond acceptors (Lipinski definition) is 2. The Balaban J connectivity index is 2.34. The second kappa shape index (κ2) is 5.72. The first-order valence-corrected chi connectivity index (χ1v) is 2.85. The van der Waals surface area contributed by atoms with Gasteiger partial charge < -0.3 is 0 Å². The van der Waals surface area contributed by atoms with Crippen LogP contribution in [-0.2, 0) is 7.81 Å². The van der Waals surface area contributed by atoms with Gasteiger partial charge in [-0.3, -0.25) is 0 Å². The van der Waals surface area contributed by atoms with Crippen molar-refractivity contribution >= 4 is 22.9 Å². The molecule has 0 aromatic carbocycles. The number of rotatable bonds is 3. The van der Waals surface area contributed by atoms with E-state index >= 15 is 0 Å². The first kappa shape index (κ1) is 6.72. The quantitative estimate of drug-likeness (QED) is 0.454. The molecule has 0 aliphatic rings.